The Hall–Kier alpha value is -1.82. The number of carboxylic acid groups (broad SMARTS) is 1. The van der Waals surface area contributed by atoms with Gasteiger partial charge in [0.05, 0.1) is 18.5 Å². The van der Waals surface area contributed by atoms with Gasteiger partial charge in [-0.15, -0.1) is 0 Å². The molecule has 0 saturated carbocycles. The first-order chi connectivity index (χ1) is 8.00. The molecule has 0 unspecified atom stereocenters. The van der Waals surface area contributed by atoms with Crippen LogP contribution in [0.5, 0.6) is 0 Å². The molecule has 4 nitrogen and oxygen atoms in total. The zero-order chi connectivity index (χ0) is 12.8. The topological polar surface area (TPSA) is 66.4 Å². The maximum atomic E-state index is 13.2. The van der Waals surface area contributed by atoms with Crippen molar-refractivity contribution < 1.29 is 23.5 Å². The summed E-state index contributed by atoms with van der Waals surface area (Å²) in [6.07, 6.45) is -0.126. The lowest BCUT2D eigenvalue weighted by Gasteiger charge is -2.04. The number of benzene rings is 1. The molecule has 0 saturated heterocycles. The van der Waals surface area contributed by atoms with E-state index >= 15 is 0 Å². The number of carbonyl (C=O) groups is 2. The number of hydrogen-bond donors (Lipinski definition) is 2. The van der Waals surface area contributed by atoms with E-state index in [1.165, 1.54) is 0 Å². The molecule has 1 aromatic rings. The molecule has 1 aromatic carbocycles. The van der Waals surface area contributed by atoms with Crippen molar-refractivity contribution in [2.24, 2.45) is 0 Å². The van der Waals surface area contributed by atoms with Gasteiger partial charge in [-0.25, -0.2) is 8.78 Å². The second kappa shape index (κ2) is 6.05. The van der Waals surface area contributed by atoms with Gasteiger partial charge in [0.15, 0.2) is 5.78 Å². The maximum absolute atomic E-state index is 13.2. The minimum Gasteiger partial charge on any atom is -0.481 e. The first-order valence-electron chi connectivity index (χ1n) is 4.91. The van der Waals surface area contributed by atoms with Crippen LogP contribution >= 0.6 is 0 Å². The Morgan fingerprint density at radius 1 is 1.29 bits per heavy atom. The summed E-state index contributed by atoms with van der Waals surface area (Å²) in [5.74, 6) is -3.21. The van der Waals surface area contributed by atoms with Crippen molar-refractivity contribution in [3.05, 3.63) is 35.4 Å². The molecule has 0 aliphatic rings. The third-order valence-electron chi connectivity index (χ3n) is 2.03. The van der Waals surface area contributed by atoms with E-state index in [1.54, 1.807) is 0 Å². The molecule has 0 heterocycles. The van der Waals surface area contributed by atoms with E-state index in [-0.39, 0.29) is 25.1 Å². The van der Waals surface area contributed by atoms with Crippen molar-refractivity contribution in [2.75, 3.05) is 13.1 Å². The highest BCUT2D eigenvalue weighted by Crippen LogP contribution is 2.09. The molecule has 0 aliphatic carbocycles. The van der Waals surface area contributed by atoms with Gasteiger partial charge in [-0.05, 0) is 12.1 Å². The third kappa shape index (κ3) is 4.28. The van der Waals surface area contributed by atoms with Crippen LogP contribution < -0.4 is 5.32 Å². The van der Waals surface area contributed by atoms with E-state index in [0.717, 1.165) is 12.1 Å². The lowest BCUT2D eigenvalue weighted by atomic mass is 10.1. The number of aliphatic carboxylic acids is 1. The van der Waals surface area contributed by atoms with E-state index in [2.05, 4.69) is 5.32 Å². The SMILES string of the molecule is O=C(O)CCNCC(=O)c1ccc(F)cc1F. The molecule has 0 bridgehead atoms. The summed E-state index contributed by atoms with van der Waals surface area (Å²) in [5.41, 5.74) is -0.214. The second-order valence-electron chi connectivity index (χ2n) is 3.37. The summed E-state index contributed by atoms with van der Waals surface area (Å²) in [6, 6.07) is 2.68. The lowest BCUT2D eigenvalue weighted by molar-refractivity contribution is -0.136. The van der Waals surface area contributed by atoms with Crippen LogP contribution in [0, 0.1) is 11.6 Å². The van der Waals surface area contributed by atoms with Crippen molar-refractivity contribution in [1.29, 1.82) is 0 Å². The van der Waals surface area contributed by atoms with Crippen LogP contribution in [-0.2, 0) is 4.79 Å². The van der Waals surface area contributed by atoms with Crippen molar-refractivity contribution in [2.45, 2.75) is 6.42 Å². The molecular formula is C11H11F2NO3. The molecule has 17 heavy (non-hydrogen) atoms. The fourth-order valence-electron chi connectivity index (χ4n) is 1.21. The number of ketones is 1. The van der Waals surface area contributed by atoms with Crippen LogP contribution in [-0.4, -0.2) is 29.9 Å². The fraction of sp³-hybridized carbons (Fsp3) is 0.273. The Balaban J connectivity index is 2.50. The standard InChI is InChI=1S/C11H11F2NO3/c12-7-1-2-8(9(13)5-7)10(15)6-14-4-3-11(16)17/h1-2,5,14H,3-4,6H2,(H,16,17). The molecule has 0 fully saturated rings. The first-order valence-corrected chi connectivity index (χ1v) is 4.91. The molecule has 0 spiro atoms. The van der Waals surface area contributed by atoms with Crippen molar-refractivity contribution >= 4 is 11.8 Å². The van der Waals surface area contributed by atoms with Crippen molar-refractivity contribution in [3.63, 3.8) is 0 Å². The molecule has 0 radical (unpaired) electrons. The minimum atomic E-state index is -0.988. The largest absolute Gasteiger partial charge is 0.481 e. The van der Waals surface area contributed by atoms with Gasteiger partial charge in [0, 0.05) is 12.6 Å². The first kappa shape index (κ1) is 13.2. The third-order valence-corrected chi connectivity index (χ3v) is 2.03. The van der Waals surface area contributed by atoms with Crippen LogP contribution in [0.2, 0.25) is 0 Å². The van der Waals surface area contributed by atoms with Crippen LogP contribution in [0.15, 0.2) is 18.2 Å². The Morgan fingerprint density at radius 3 is 2.59 bits per heavy atom. The number of halogens is 2. The van der Waals surface area contributed by atoms with E-state index < -0.39 is 23.4 Å². The number of nitrogens with one attached hydrogen (secondary N) is 1. The number of Topliss-reactive ketones (excluding diaryl/α,β-unsaturated/α-hetero) is 1. The van der Waals surface area contributed by atoms with E-state index in [1.807, 2.05) is 0 Å². The molecular weight excluding hydrogens is 232 g/mol. The van der Waals surface area contributed by atoms with Gasteiger partial charge in [-0.3, -0.25) is 9.59 Å². The van der Waals surface area contributed by atoms with E-state index in [0.29, 0.717) is 6.07 Å². The fourth-order valence-corrected chi connectivity index (χ4v) is 1.21. The van der Waals surface area contributed by atoms with Gasteiger partial charge < -0.3 is 10.4 Å². The van der Waals surface area contributed by atoms with Gasteiger partial charge in [0.1, 0.15) is 11.6 Å². The zero-order valence-corrected chi connectivity index (χ0v) is 8.87. The average molecular weight is 243 g/mol. The zero-order valence-electron chi connectivity index (χ0n) is 8.87. The molecule has 0 atom stereocenters. The van der Waals surface area contributed by atoms with Crippen LogP contribution in [0.3, 0.4) is 0 Å². The van der Waals surface area contributed by atoms with Gasteiger partial charge in [0.25, 0.3) is 0 Å². The summed E-state index contributed by atoms with van der Waals surface area (Å²) in [5, 5.41) is 10.9. The highest BCUT2D eigenvalue weighted by Gasteiger charge is 2.11. The Morgan fingerprint density at radius 2 is 2.00 bits per heavy atom. The monoisotopic (exact) mass is 243 g/mol. The van der Waals surface area contributed by atoms with Gasteiger partial charge in [0.2, 0.25) is 0 Å². The smallest absolute Gasteiger partial charge is 0.304 e. The molecule has 2 N–H and O–H groups in total. The molecule has 0 amide bonds. The molecule has 92 valence electrons. The summed E-state index contributed by atoms with van der Waals surface area (Å²) < 4.78 is 25.7. The summed E-state index contributed by atoms with van der Waals surface area (Å²) in [6.45, 7) is -0.0697. The summed E-state index contributed by atoms with van der Waals surface area (Å²) >= 11 is 0. The maximum Gasteiger partial charge on any atom is 0.304 e. The molecule has 0 aliphatic heterocycles. The molecule has 0 aromatic heterocycles. The minimum absolute atomic E-state index is 0.115. The number of carbonyl (C=O) groups excluding carboxylic acids is 1. The van der Waals surface area contributed by atoms with E-state index in [4.69, 9.17) is 5.11 Å². The quantitative estimate of drug-likeness (QED) is 0.582. The predicted molar refractivity (Wildman–Crippen MR) is 55.8 cm³/mol. The molecule has 6 heteroatoms. The van der Waals surface area contributed by atoms with Crippen molar-refractivity contribution in [1.82, 2.24) is 5.32 Å². The average Bonchev–Trinajstić information content (AvgIpc) is 2.23. The van der Waals surface area contributed by atoms with Crippen LogP contribution in [0.25, 0.3) is 0 Å². The van der Waals surface area contributed by atoms with E-state index in [9.17, 15) is 18.4 Å². The molecule has 1 rings (SSSR count). The van der Waals surface area contributed by atoms with Gasteiger partial charge in [-0.1, -0.05) is 0 Å². The summed E-state index contributed by atoms with van der Waals surface area (Å²) in [4.78, 5) is 21.6. The highest BCUT2D eigenvalue weighted by molar-refractivity contribution is 5.97. The Bertz CT molecular complexity index is 435. The lowest BCUT2D eigenvalue weighted by Crippen LogP contribution is -2.26. The number of carboxylic acids is 1. The Labute approximate surface area is 96.3 Å². The van der Waals surface area contributed by atoms with Crippen LogP contribution in [0.1, 0.15) is 16.8 Å². The number of rotatable bonds is 6. The van der Waals surface area contributed by atoms with Crippen LogP contribution in [0.4, 0.5) is 8.78 Å². The highest BCUT2D eigenvalue weighted by atomic mass is 19.1. The van der Waals surface area contributed by atoms with Crippen molar-refractivity contribution in [3.8, 4) is 0 Å². The number of hydrogen-bond acceptors (Lipinski definition) is 3. The normalized spacial score (nSPS) is 10.2. The summed E-state index contributed by atoms with van der Waals surface area (Å²) in [7, 11) is 0. The Kier molecular flexibility index (Phi) is 4.71. The predicted octanol–water partition coefficient (Wildman–Crippen LogP) is 1.21. The second-order valence-corrected chi connectivity index (χ2v) is 3.37. The van der Waals surface area contributed by atoms with Gasteiger partial charge in [-0.2, -0.15) is 0 Å². The van der Waals surface area contributed by atoms with Gasteiger partial charge >= 0.3 is 5.97 Å².